The number of likely N-dealkylation sites (N-methyl/N-ethyl adjacent to an activating group) is 1. The summed E-state index contributed by atoms with van der Waals surface area (Å²) in [5, 5.41) is 11.1. The minimum atomic E-state index is -1.04. The Kier molecular flexibility index (Phi) is 18.9. The van der Waals surface area contributed by atoms with Crippen LogP contribution in [-0.2, 0) is 39.9 Å². The monoisotopic (exact) mass is 731 g/mol. The van der Waals surface area contributed by atoms with Crippen LogP contribution in [-0.4, -0.2) is 90.6 Å². The van der Waals surface area contributed by atoms with E-state index in [0.717, 1.165) is 5.56 Å². The van der Waals surface area contributed by atoms with Crippen molar-refractivity contribution in [1.29, 1.82) is 0 Å². The second-order valence-corrected chi connectivity index (χ2v) is 16.1. The Morgan fingerprint density at radius 3 is 1.62 bits per heavy atom. The number of alkyl carbamates (subject to hydrolysis) is 1. The summed E-state index contributed by atoms with van der Waals surface area (Å²) in [6, 6.07) is 4.24. The third kappa shape index (κ3) is 16.5. The first kappa shape index (κ1) is 45.9. The summed E-state index contributed by atoms with van der Waals surface area (Å²) in [5.41, 5.74) is 0.0547. The first-order valence-corrected chi connectivity index (χ1v) is 18.3. The number of ether oxygens (including phenoxy) is 2. The number of benzene rings is 1. The zero-order valence-corrected chi connectivity index (χ0v) is 33.6. The van der Waals surface area contributed by atoms with E-state index < -0.39 is 71.5 Å². The summed E-state index contributed by atoms with van der Waals surface area (Å²) in [6.07, 6.45) is 0.316. The number of esters is 1. The van der Waals surface area contributed by atoms with Crippen molar-refractivity contribution < 1.29 is 38.2 Å². The molecule has 0 aliphatic rings. The molecule has 5 atom stereocenters. The largest absolute Gasteiger partial charge is 0.467 e. The lowest BCUT2D eigenvalue weighted by Gasteiger charge is -2.34. The van der Waals surface area contributed by atoms with Crippen molar-refractivity contribution in [2.75, 3.05) is 14.2 Å². The minimum Gasteiger partial charge on any atom is -0.467 e. The van der Waals surface area contributed by atoms with E-state index in [1.165, 1.54) is 19.1 Å². The van der Waals surface area contributed by atoms with E-state index >= 15 is 0 Å². The van der Waals surface area contributed by atoms with Crippen LogP contribution in [0.2, 0.25) is 0 Å². The van der Waals surface area contributed by atoms with E-state index in [2.05, 4.69) is 21.3 Å². The zero-order valence-electron chi connectivity index (χ0n) is 33.6. The highest BCUT2D eigenvalue weighted by molar-refractivity contribution is 5.96. The van der Waals surface area contributed by atoms with Crippen molar-refractivity contribution in [3.05, 3.63) is 35.9 Å². The summed E-state index contributed by atoms with van der Waals surface area (Å²) in [7, 11) is 2.76. The van der Waals surface area contributed by atoms with Gasteiger partial charge < -0.3 is 35.6 Å². The molecule has 294 valence electrons. The quantitative estimate of drug-likeness (QED) is 0.152. The zero-order chi connectivity index (χ0) is 39.9. The number of amides is 5. The lowest BCUT2D eigenvalue weighted by molar-refractivity contribution is -0.147. The highest BCUT2D eigenvalue weighted by Crippen LogP contribution is 2.17. The van der Waals surface area contributed by atoms with Gasteiger partial charge in [0.2, 0.25) is 23.6 Å². The van der Waals surface area contributed by atoms with Crippen LogP contribution in [0.5, 0.6) is 0 Å². The summed E-state index contributed by atoms with van der Waals surface area (Å²) in [4.78, 5) is 82.0. The fraction of sp³-hybridized carbons (Fsp3) is 0.692. The highest BCUT2D eigenvalue weighted by atomic mass is 16.6. The van der Waals surface area contributed by atoms with Crippen molar-refractivity contribution in [1.82, 2.24) is 26.2 Å². The van der Waals surface area contributed by atoms with Gasteiger partial charge in [-0.15, -0.1) is 0 Å². The fourth-order valence-electron chi connectivity index (χ4n) is 5.61. The van der Waals surface area contributed by atoms with Crippen LogP contribution in [0.1, 0.15) is 101 Å². The van der Waals surface area contributed by atoms with Crippen molar-refractivity contribution in [2.45, 2.75) is 138 Å². The summed E-state index contributed by atoms with van der Waals surface area (Å²) >= 11 is 0. The SMILES string of the molecule is COC(=O)[C@@H](Cc1ccccc1)NC(=O)[C@@H](CC(C)C)N(C)C(=O)[C@H](NC(=O)[C@@H](CC(C)C)NC(=O)[C@@H](CC(C)C)NC(=O)OC(C)(C)C)C(C)C. The molecule has 0 saturated carbocycles. The van der Waals surface area contributed by atoms with Crippen LogP contribution < -0.4 is 21.3 Å². The number of carbonyl (C=O) groups is 6. The van der Waals surface area contributed by atoms with Crippen LogP contribution in [0, 0.1) is 23.7 Å². The second kappa shape index (κ2) is 21.4. The summed E-state index contributed by atoms with van der Waals surface area (Å²) in [5.74, 6) is -3.11. The maximum Gasteiger partial charge on any atom is 0.408 e. The van der Waals surface area contributed by atoms with Crippen LogP contribution >= 0.6 is 0 Å². The average molecular weight is 732 g/mol. The van der Waals surface area contributed by atoms with Gasteiger partial charge in [0.25, 0.3) is 0 Å². The lowest BCUT2D eigenvalue weighted by atomic mass is 9.96. The summed E-state index contributed by atoms with van der Waals surface area (Å²) in [6.45, 7) is 20.2. The standard InChI is InChI=1S/C39H65N5O8/c1-23(2)19-28(40-33(45)29(20-24(3)4)42-38(50)52-39(9,10)11)34(46)43-32(26(7)8)36(48)44(12)31(21-25(5)6)35(47)41-30(37(49)51-13)22-27-17-15-14-16-18-27/h14-18,23-26,28-32H,19-22H2,1-13H3,(H,40,45)(H,41,47)(H,42,50)(H,43,46)/t28-,29-,30-,31-,32-/m1/s1. The predicted octanol–water partition coefficient (Wildman–Crippen LogP) is 4.37. The molecule has 1 aromatic rings. The maximum absolute atomic E-state index is 14.1. The van der Waals surface area contributed by atoms with Crippen LogP contribution in [0.3, 0.4) is 0 Å². The van der Waals surface area contributed by atoms with Crippen molar-refractivity contribution >= 4 is 35.7 Å². The van der Waals surface area contributed by atoms with Gasteiger partial charge in [-0.3, -0.25) is 19.2 Å². The van der Waals surface area contributed by atoms with Gasteiger partial charge in [0.15, 0.2) is 0 Å². The summed E-state index contributed by atoms with van der Waals surface area (Å²) < 4.78 is 10.3. The molecule has 0 fully saturated rings. The number of nitrogens with zero attached hydrogens (tertiary/aromatic N) is 1. The van der Waals surface area contributed by atoms with E-state index in [1.807, 2.05) is 71.9 Å². The van der Waals surface area contributed by atoms with Gasteiger partial charge in [0.05, 0.1) is 7.11 Å². The Labute approximate surface area is 311 Å². The second-order valence-electron chi connectivity index (χ2n) is 16.1. The van der Waals surface area contributed by atoms with Crippen LogP contribution in [0.25, 0.3) is 0 Å². The molecule has 0 heterocycles. The van der Waals surface area contributed by atoms with Gasteiger partial charge in [-0.1, -0.05) is 85.7 Å². The van der Waals surface area contributed by atoms with Crippen molar-refractivity contribution in [2.24, 2.45) is 23.7 Å². The predicted molar refractivity (Wildman–Crippen MR) is 201 cm³/mol. The molecular weight excluding hydrogens is 666 g/mol. The number of hydrogen-bond donors (Lipinski definition) is 4. The van der Waals surface area contributed by atoms with E-state index in [0.29, 0.717) is 12.8 Å². The first-order chi connectivity index (χ1) is 24.1. The molecule has 1 rings (SSSR count). The highest BCUT2D eigenvalue weighted by Gasteiger charge is 2.37. The normalized spacial score (nSPS) is 14.6. The van der Waals surface area contributed by atoms with E-state index in [-0.39, 0.29) is 36.5 Å². The van der Waals surface area contributed by atoms with Gasteiger partial charge in [-0.25, -0.2) is 9.59 Å². The topological polar surface area (TPSA) is 172 Å². The average Bonchev–Trinajstić information content (AvgIpc) is 3.02. The van der Waals surface area contributed by atoms with E-state index in [4.69, 9.17) is 9.47 Å². The molecule has 0 aliphatic carbocycles. The molecule has 4 N–H and O–H groups in total. The third-order valence-electron chi connectivity index (χ3n) is 8.18. The van der Waals surface area contributed by atoms with Gasteiger partial charge in [0, 0.05) is 13.5 Å². The Hall–Kier alpha value is -4.16. The van der Waals surface area contributed by atoms with Gasteiger partial charge >= 0.3 is 12.1 Å². The third-order valence-corrected chi connectivity index (χ3v) is 8.18. The molecule has 5 amide bonds. The number of carbonyl (C=O) groups excluding carboxylic acids is 6. The molecule has 0 radical (unpaired) electrons. The molecule has 0 aliphatic heterocycles. The van der Waals surface area contributed by atoms with Crippen LogP contribution in [0.15, 0.2) is 30.3 Å². The van der Waals surface area contributed by atoms with E-state index in [9.17, 15) is 28.8 Å². The van der Waals surface area contributed by atoms with Crippen molar-refractivity contribution in [3.8, 4) is 0 Å². The van der Waals surface area contributed by atoms with E-state index in [1.54, 1.807) is 34.6 Å². The molecular formula is C39H65N5O8. The minimum absolute atomic E-state index is 0.00231. The number of nitrogens with one attached hydrogen (secondary N) is 4. The first-order valence-electron chi connectivity index (χ1n) is 18.3. The Morgan fingerprint density at radius 2 is 1.15 bits per heavy atom. The Balaban J connectivity index is 3.30. The number of methoxy groups -OCH3 is 1. The number of rotatable bonds is 19. The van der Waals surface area contributed by atoms with Crippen LogP contribution in [0.4, 0.5) is 4.79 Å². The number of hydrogen-bond acceptors (Lipinski definition) is 8. The molecule has 52 heavy (non-hydrogen) atoms. The van der Waals surface area contributed by atoms with Crippen molar-refractivity contribution in [3.63, 3.8) is 0 Å². The Bertz CT molecular complexity index is 1330. The Morgan fingerprint density at radius 1 is 0.673 bits per heavy atom. The molecule has 0 aromatic heterocycles. The fourth-order valence-corrected chi connectivity index (χ4v) is 5.61. The molecule has 0 saturated heterocycles. The molecule has 1 aromatic carbocycles. The van der Waals surface area contributed by atoms with Gasteiger partial charge in [-0.2, -0.15) is 0 Å². The maximum atomic E-state index is 14.1. The molecule has 0 bridgehead atoms. The van der Waals surface area contributed by atoms with Gasteiger partial charge in [-0.05, 0) is 69.3 Å². The van der Waals surface area contributed by atoms with Gasteiger partial charge in [0.1, 0.15) is 35.8 Å². The molecule has 13 heteroatoms. The molecule has 0 spiro atoms. The smallest absolute Gasteiger partial charge is 0.408 e. The lowest BCUT2D eigenvalue weighted by Crippen LogP contribution is -2.60. The molecule has 13 nitrogen and oxygen atoms in total. The molecule has 0 unspecified atom stereocenters.